The molecule has 0 fully saturated rings. The van der Waals surface area contributed by atoms with Crippen LogP contribution in [0.2, 0.25) is 0 Å². The molecule has 1 aromatic rings. The van der Waals surface area contributed by atoms with Crippen molar-refractivity contribution in [1.82, 2.24) is 0 Å². The number of rotatable bonds is 4. The van der Waals surface area contributed by atoms with Crippen molar-refractivity contribution in [1.29, 1.82) is 0 Å². The molecule has 15 heavy (non-hydrogen) atoms. The molecule has 0 unspecified atom stereocenters. The zero-order valence-electron chi connectivity index (χ0n) is 9.58. The van der Waals surface area contributed by atoms with Crippen molar-refractivity contribution in [2.75, 3.05) is 0 Å². The highest BCUT2D eigenvalue weighted by Crippen LogP contribution is 2.16. The number of carbonyl (C=O) groups is 1. The molecule has 0 aliphatic heterocycles. The van der Waals surface area contributed by atoms with Gasteiger partial charge in [-0.3, -0.25) is 4.79 Å². The number of hydrogen-bond acceptors (Lipinski definition) is 1. The number of carboxylic acids is 1. The van der Waals surface area contributed by atoms with Crippen molar-refractivity contribution in [3.8, 4) is 0 Å². The molecule has 0 heterocycles. The van der Waals surface area contributed by atoms with Crippen LogP contribution in [0.25, 0.3) is 0 Å². The molecule has 1 atom stereocenters. The van der Waals surface area contributed by atoms with Crippen LogP contribution in [0.4, 0.5) is 0 Å². The summed E-state index contributed by atoms with van der Waals surface area (Å²) in [5.74, 6) is -0.956. The Labute approximate surface area is 90.9 Å². The summed E-state index contributed by atoms with van der Waals surface area (Å²) >= 11 is 0. The number of hydrogen-bond donors (Lipinski definition) is 1. The van der Waals surface area contributed by atoms with Gasteiger partial charge < -0.3 is 5.11 Å². The number of carboxylic acid groups (broad SMARTS) is 1. The molecule has 0 bridgehead atoms. The van der Waals surface area contributed by atoms with E-state index >= 15 is 0 Å². The van der Waals surface area contributed by atoms with E-state index in [4.69, 9.17) is 5.11 Å². The van der Waals surface area contributed by atoms with Gasteiger partial charge in [0.1, 0.15) is 0 Å². The summed E-state index contributed by atoms with van der Waals surface area (Å²) in [7, 11) is 0. The maximum absolute atomic E-state index is 10.9. The molecule has 82 valence electrons. The molecular formula is C13H18O2. The largest absolute Gasteiger partial charge is 0.481 e. The first-order valence-corrected chi connectivity index (χ1v) is 5.33. The summed E-state index contributed by atoms with van der Waals surface area (Å²) in [5, 5.41) is 8.96. The van der Waals surface area contributed by atoms with E-state index in [9.17, 15) is 4.79 Å². The van der Waals surface area contributed by atoms with Crippen molar-refractivity contribution in [2.45, 2.75) is 33.6 Å². The van der Waals surface area contributed by atoms with Gasteiger partial charge >= 0.3 is 5.97 Å². The highest BCUT2D eigenvalue weighted by atomic mass is 16.4. The molecule has 0 radical (unpaired) electrons. The van der Waals surface area contributed by atoms with Gasteiger partial charge in [-0.25, -0.2) is 0 Å². The Morgan fingerprint density at radius 3 is 2.47 bits per heavy atom. The Balaban J connectivity index is 2.80. The van der Waals surface area contributed by atoms with Crippen molar-refractivity contribution in [3.05, 3.63) is 34.9 Å². The van der Waals surface area contributed by atoms with E-state index in [0.717, 1.165) is 5.56 Å². The molecule has 0 aliphatic rings. The molecule has 0 aromatic heterocycles. The lowest BCUT2D eigenvalue weighted by molar-refractivity contribution is -0.141. The fraction of sp³-hybridized carbons (Fsp3) is 0.462. The summed E-state index contributed by atoms with van der Waals surface area (Å²) in [6.07, 6.45) is 1.31. The van der Waals surface area contributed by atoms with Crippen LogP contribution in [0, 0.1) is 19.8 Å². The first kappa shape index (κ1) is 11.8. The topological polar surface area (TPSA) is 37.3 Å². The number of benzene rings is 1. The average molecular weight is 206 g/mol. The molecular weight excluding hydrogens is 188 g/mol. The fourth-order valence-corrected chi connectivity index (χ4v) is 1.62. The van der Waals surface area contributed by atoms with E-state index in [1.807, 2.05) is 13.0 Å². The summed E-state index contributed by atoms with van der Waals surface area (Å²) in [6, 6.07) is 6.16. The van der Waals surface area contributed by atoms with Crippen molar-refractivity contribution >= 4 is 5.97 Å². The van der Waals surface area contributed by atoms with Crippen LogP contribution in [-0.2, 0) is 11.2 Å². The van der Waals surface area contributed by atoms with Crippen molar-refractivity contribution in [3.63, 3.8) is 0 Å². The lowest BCUT2D eigenvalue weighted by Crippen LogP contribution is -2.15. The normalized spacial score (nSPS) is 12.5. The highest BCUT2D eigenvalue weighted by molar-refractivity contribution is 5.70. The van der Waals surface area contributed by atoms with Crippen LogP contribution in [0.1, 0.15) is 30.0 Å². The standard InChI is InChI=1S/C13H18O2/c1-4-12(13(14)15)8-11-6-5-9(2)10(3)7-11/h5-7,12H,4,8H2,1-3H3,(H,14,15)/t12-/m1/s1. The molecule has 0 saturated carbocycles. The predicted octanol–water partition coefficient (Wildman–Crippen LogP) is 2.96. The third-order valence-electron chi connectivity index (χ3n) is 2.90. The van der Waals surface area contributed by atoms with Crippen molar-refractivity contribution < 1.29 is 9.90 Å². The van der Waals surface area contributed by atoms with Gasteiger partial charge in [-0.1, -0.05) is 25.1 Å². The molecule has 0 aliphatic carbocycles. The van der Waals surface area contributed by atoms with E-state index in [-0.39, 0.29) is 5.92 Å². The summed E-state index contributed by atoms with van der Waals surface area (Å²) in [4.78, 5) is 10.9. The van der Waals surface area contributed by atoms with Crippen molar-refractivity contribution in [2.24, 2.45) is 5.92 Å². The van der Waals surface area contributed by atoms with Gasteiger partial charge in [0, 0.05) is 0 Å². The van der Waals surface area contributed by atoms with Crippen LogP contribution in [-0.4, -0.2) is 11.1 Å². The number of aryl methyl sites for hydroxylation is 2. The minimum Gasteiger partial charge on any atom is -0.481 e. The molecule has 1 aromatic carbocycles. The quantitative estimate of drug-likeness (QED) is 0.822. The smallest absolute Gasteiger partial charge is 0.306 e. The van der Waals surface area contributed by atoms with Crippen LogP contribution in [0.15, 0.2) is 18.2 Å². The molecule has 0 amide bonds. The third-order valence-corrected chi connectivity index (χ3v) is 2.90. The van der Waals surface area contributed by atoms with Gasteiger partial charge in [-0.2, -0.15) is 0 Å². The first-order valence-electron chi connectivity index (χ1n) is 5.33. The van der Waals surface area contributed by atoms with Crippen LogP contribution < -0.4 is 0 Å². The lowest BCUT2D eigenvalue weighted by atomic mass is 9.95. The summed E-state index contributed by atoms with van der Waals surface area (Å²) < 4.78 is 0. The van der Waals surface area contributed by atoms with E-state index < -0.39 is 5.97 Å². The second-order valence-electron chi connectivity index (χ2n) is 4.07. The zero-order valence-corrected chi connectivity index (χ0v) is 9.58. The van der Waals surface area contributed by atoms with Crippen LogP contribution in [0.3, 0.4) is 0 Å². The Hall–Kier alpha value is -1.31. The molecule has 0 saturated heterocycles. The van der Waals surface area contributed by atoms with E-state index in [1.54, 1.807) is 0 Å². The van der Waals surface area contributed by atoms with Gasteiger partial charge in [0.05, 0.1) is 5.92 Å². The molecule has 2 nitrogen and oxygen atoms in total. The minimum absolute atomic E-state index is 0.257. The second-order valence-corrected chi connectivity index (χ2v) is 4.07. The van der Waals surface area contributed by atoms with Gasteiger partial charge in [-0.05, 0) is 43.4 Å². The second kappa shape index (κ2) is 4.96. The molecule has 1 rings (SSSR count). The average Bonchev–Trinajstić information content (AvgIpc) is 2.19. The van der Waals surface area contributed by atoms with E-state index in [0.29, 0.717) is 12.8 Å². The fourth-order valence-electron chi connectivity index (χ4n) is 1.62. The molecule has 0 spiro atoms. The summed E-state index contributed by atoms with van der Waals surface area (Å²) in [5.41, 5.74) is 3.60. The van der Waals surface area contributed by atoms with Crippen LogP contribution >= 0.6 is 0 Å². The van der Waals surface area contributed by atoms with E-state index in [2.05, 4.69) is 26.0 Å². The number of aliphatic carboxylic acids is 1. The third kappa shape index (κ3) is 3.08. The van der Waals surface area contributed by atoms with E-state index in [1.165, 1.54) is 11.1 Å². The highest BCUT2D eigenvalue weighted by Gasteiger charge is 2.15. The minimum atomic E-state index is -0.698. The molecule has 1 N–H and O–H groups in total. The Morgan fingerprint density at radius 2 is 2.00 bits per heavy atom. The predicted molar refractivity (Wildman–Crippen MR) is 61.0 cm³/mol. The lowest BCUT2D eigenvalue weighted by Gasteiger charge is -2.10. The monoisotopic (exact) mass is 206 g/mol. The van der Waals surface area contributed by atoms with Gasteiger partial charge in [-0.15, -0.1) is 0 Å². The maximum atomic E-state index is 10.9. The first-order chi connectivity index (χ1) is 7.04. The molecule has 2 heteroatoms. The maximum Gasteiger partial charge on any atom is 0.306 e. The van der Waals surface area contributed by atoms with Gasteiger partial charge in [0.15, 0.2) is 0 Å². The Morgan fingerprint density at radius 1 is 1.33 bits per heavy atom. The van der Waals surface area contributed by atoms with Gasteiger partial charge in [0.25, 0.3) is 0 Å². The zero-order chi connectivity index (χ0) is 11.4. The van der Waals surface area contributed by atoms with Gasteiger partial charge in [0.2, 0.25) is 0 Å². The Bertz CT molecular complexity index is 356. The Kier molecular flexibility index (Phi) is 3.89. The van der Waals surface area contributed by atoms with Crippen LogP contribution in [0.5, 0.6) is 0 Å². The SMILES string of the molecule is CC[C@H](Cc1ccc(C)c(C)c1)C(=O)O. The summed E-state index contributed by atoms with van der Waals surface area (Å²) in [6.45, 7) is 6.04.